The van der Waals surface area contributed by atoms with Crippen LogP contribution in [0.3, 0.4) is 0 Å². The minimum Gasteiger partial charge on any atom is -0.493 e. The average molecular weight is 373 g/mol. The highest BCUT2D eigenvalue weighted by atomic mass is 19.1. The molecule has 0 aliphatic rings. The average Bonchev–Trinajstić information content (AvgIpc) is 2.68. The van der Waals surface area contributed by atoms with E-state index in [0.29, 0.717) is 30.0 Å². The molecule has 5 nitrogen and oxygen atoms in total. The van der Waals surface area contributed by atoms with Crippen LogP contribution < -0.4 is 14.8 Å². The van der Waals surface area contributed by atoms with Crippen molar-refractivity contribution < 1.29 is 23.4 Å². The molecule has 0 spiro atoms. The van der Waals surface area contributed by atoms with Crippen molar-refractivity contribution in [3.05, 3.63) is 65.4 Å². The number of ether oxygens (including phenoxy) is 3. The first kappa shape index (κ1) is 20.3. The minimum absolute atomic E-state index is 0.281. The van der Waals surface area contributed by atoms with Gasteiger partial charge in [0.15, 0.2) is 11.5 Å². The molecule has 0 atom stereocenters. The molecule has 1 amide bonds. The van der Waals surface area contributed by atoms with Gasteiger partial charge in [-0.3, -0.25) is 4.79 Å². The smallest absolute Gasteiger partial charge is 0.255 e. The van der Waals surface area contributed by atoms with Crippen LogP contribution in [0.1, 0.15) is 16.7 Å². The standard InChI is InChI=1S/C21H24FNO4/c1-15-5-4-6-17(11-15)18(13-27-14-22)21(24)23-10-9-16-7-8-19(25-2)20(12-16)26-3/h4-8,11-13H,9-10,14H2,1-3H3,(H,23,24)/b18-13-. The number of benzene rings is 2. The summed E-state index contributed by atoms with van der Waals surface area (Å²) in [6, 6.07) is 13.0. The minimum atomic E-state index is -0.992. The number of carbonyl (C=O) groups is 1. The summed E-state index contributed by atoms with van der Waals surface area (Å²) >= 11 is 0. The first-order valence-corrected chi connectivity index (χ1v) is 8.53. The Hall–Kier alpha value is -3.02. The SMILES string of the molecule is COc1ccc(CCNC(=O)/C(=C\OCF)c2cccc(C)c2)cc1OC. The maximum atomic E-state index is 12.5. The second kappa shape index (κ2) is 10.2. The van der Waals surface area contributed by atoms with E-state index in [-0.39, 0.29) is 11.5 Å². The van der Waals surface area contributed by atoms with Crippen LogP contribution in [0.25, 0.3) is 5.57 Å². The molecule has 0 bridgehead atoms. The molecule has 0 saturated carbocycles. The molecule has 2 rings (SSSR count). The van der Waals surface area contributed by atoms with E-state index in [2.05, 4.69) is 5.32 Å². The van der Waals surface area contributed by atoms with E-state index in [1.165, 1.54) is 0 Å². The summed E-state index contributed by atoms with van der Waals surface area (Å²) in [5.74, 6) is 0.964. The molecule has 2 aromatic rings. The quantitative estimate of drug-likeness (QED) is 0.538. The van der Waals surface area contributed by atoms with Crippen molar-refractivity contribution in [2.24, 2.45) is 0 Å². The third-order valence-corrected chi connectivity index (χ3v) is 3.99. The number of rotatable bonds is 9. The number of aryl methyl sites for hydroxylation is 1. The highest BCUT2D eigenvalue weighted by molar-refractivity contribution is 6.19. The molecular formula is C21H24FNO4. The van der Waals surface area contributed by atoms with E-state index in [0.717, 1.165) is 17.4 Å². The van der Waals surface area contributed by atoms with Crippen LogP contribution in [0, 0.1) is 6.92 Å². The zero-order valence-corrected chi connectivity index (χ0v) is 15.8. The van der Waals surface area contributed by atoms with Gasteiger partial charge in [-0.25, -0.2) is 4.39 Å². The van der Waals surface area contributed by atoms with E-state index in [9.17, 15) is 9.18 Å². The van der Waals surface area contributed by atoms with Gasteiger partial charge in [-0.2, -0.15) is 0 Å². The number of halogens is 1. The normalized spacial score (nSPS) is 11.0. The Morgan fingerprint density at radius 2 is 1.89 bits per heavy atom. The summed E-state index contributed by atoms with van der Waals surface area (Å²) in [7, 11) is 3.16. The number of hydrogen-bond donors (Lipinski definition) is 1. The number of carbonyl (C=O) groups excluding carboxylic acids is 1. The van der Waals surface area contributed by atoms with Gasteiger partial charge in [0, 0.05) is 6.54 Å². The van der Waals surface area contributed by atoms with Crippen molar-refractivity contribution in [3.8, 4) is 11.5 Å². The van der Waals surface area contributed by atoms with E-state index in [4.69, 9.17) is 14.2 Å². The molecule has 0 fully saturated rings. The fourth-order valence-corrected chi connectivity index (χ4v) is 2.63. The fourth-order valence-electron chi connectivity index (χ4n) is 2.63. The number of alkyl halides is 1. The lowest BCUT2D eigenvalue weighted by Crippen LogP contribution is -2.26. The van der Waals surface area contributed by atoms with Crippen LogP contribution in [-0.4, -0.2) is 33.5 Å². The summed E-state index contributed by atoms with van der Waals surface area (Å²) in [5, 5.41) is 2.84. The van der Waals surface area contributed by atoms with Crippen LogP contribution >= 0.6 is 0 Å². The Balaban J connectivity index is 2.03. The maximum absolute atomic E-state index is 12.5. The Morgan fingerprint density at radius 1 is 1.11 bits per heavy atom. The Bertz CT molecular complexity index is 805. The summed E-state index contributed by atoms with van der Waals surface area (Å²) < 4.78 is 27.6. The van der Waals surface area contributed by atoms with Gasteiger partial charge in [0.2, 0.25) is 6.86 Å². The van der Waals surface area contributed by atoms with Crippen molar-refractivity contribution in [3.63, 3.8) is 0 Å². The molecule has 0 radical (unpaired) electrons. The molecule has 2 aromatic carbocycles. The molecule has 0 aromatic heterocycles. The number of methoxy groups -OCH3 is 2. The lowest BCUT2D eigenvalue weighted by atomic mass is 10.0. The van der Waals surface area contributed by atoms with Crippen molar-refractivity contribution in [1.82, 2.24) is 5.32 Å². The van der Waals surface area contributed by atoms with Crippen molar-refractivity contribution in [2.45, 2.75) is 13.3 Å². The van der Waals surface area contributed by atoms with Crippen molar-refractivity contribution in [2.75, 3.05) is 27.6 Å². The number of hydrogen-bond acceptors (Lipinski definition) is 4. The fraction of sp³-hybridized carbons (Fsp3) is 0.286. The Kier molecular flexibility index (Phi) is 7.67. The van der Waals surface area contributed by atoms with Crippen molar-refractivity contribution in [1.29, 1.82) is 0 Å². The topological polar surface area (TPSA) is 56.8 Å². The Morgan fingerprint density at radius 3 is 2.56 bits per heavy atom. The first-order valence-electron chi connectivity index (χ1n) is 8.53. The first-order chi connectivity index (χ1) is 13.1. The molecule has 27 heavy (non-hydrogen) atoms. The summed E-state index contributed by atoms with van der Waals surface area (Å²) in [4.78, 5) is 12.5. The molecule has 6 heteroatoms. The monoisotopic (exact) mass is 373 g/mol. The molecule has 0 aliphatic carbocycles. The predicted octanol–water partition coefficient (Wildman–Crippen LogP) is 3.66. The van der Waals surface area contributed by atoms with Gasteiger partial charge in [-0.05, 0) is 36.6 Å². The second-order valence-corrected chi connectivity index (χ2v) is 5.87. The molecule has 144 valence electrons. The zero-order chi connectivity index (χ0) is 19.6. The van der Waals surface area contributed by atoms with Gasteiger partial charge in [0.25, 0.3) is 5.91 Å². The predicted molar refractivity (Wildman–Crippen MR) is 102 cm³/mol. The summed E-state index contributed by atoms with van der Waals surface area (Å²) in [6.07, 6.45) is 1.76. The van der Waals surface area contributed by atoms with E-state index in [1.807, 2.05) is 43.3 Å². The lowest BCUT2D eigenvalue weighted by molar-refractivity contribution is -0.115. The van der Waals surface area contributed by atoms with Crippen LogP contribution in [0.15, 0.2) is 48.7 Å². The molecule has 0 aliphatic heterocycles. The van der Waals surface area contributed by atoms with E-state index < -0.39 is 6.86 Å². The van der Waals surface area contributed by atoms with Gasteiger partial charge in [0.1, 0.15) is 0 Å². The van der Waals surface area contributed by atoms with Gasteiger partial charge in [-0.1, -0.05) is 35.9 Å². The molecular weight excluding hydrogens is 349 g/mol. The number of nitrogens with one attached hydrogen (secondary N) is 1. The molecule has 1 N–H and O–H groups in total. The van der Waals surface area contributed by atoms with Crippen LogP contribution in [0.2, 0.25) is 0 Å². The third-order valence-electron chi connectivity index (χ3n) is 3.99. The van der Waals surface area contributed by atoms with Gasteiger partial charge >= 0.3 is 0 Å². The summed E-state index contributed by atoms with van der Waals surface area (Å²) in [6.45, 7) is 1.34. The molecule has 0 saturated heterocycles. The van der Waals surface area contributed by atoms with E-state index >= 15 is 0 Å². The van der Waals surface area contributed by atoms with Gasteiger partial charge in [0.05, 0.1) is 26.1 Å². The second-order valence-electron chi connectivity index (χ2n) is 5.87. The van der Waals surface area contributed by atoms with Crippen LogP contribution in [0.4, 0.5) is 4.39 Å². The third kappa shape index (κ3) is 5.74. The summed E-state index contributed by atoms with van der Waals surface area (Å²) in [5.41, 5.74) is 2.95. The van der Waals surface area contributed by atoms with Gasteiger partial charge in [-0.15, -0.1) is 0 Å². The zero-order valence-electron chi connectivity index (χ0n) is 15.8. The highest BCUT2D eigenvalue weighted by Crippen LogP contribution is 2.27. The lowest BCUT2D eigenvalue weighted by Gasteiger charge is -2.11. The van der Waals surface area contributed by atoms with Crippen molar-refractivity contribution >= 4 is 11.5 Å². The molecule has 0 heterocycles. The highest BCUT2D eigenvalue weighted by Gasteiger charge is 2.13. The molecule has 0 unspecified atom stereocenters. The largest absolute Gasteiger partial charge is 0.493 e. The van der Waals surface area contributed by atoms with E-state index in [1.54, 1.807) is 20.3 Å². The van der Waals surface area contributed by atoms with Crippen LogP contribution in [-0.2, 0) is 16.0 Å². The maximum Gasteiger partial charge on any atom is 0.255 e. The number of amides is 1. The Labute approximate surface area is 158 Å². The van der Waals surface area contributed by atoms with Crippen LogP contribution in [0.5, 0.6) is 11.5 Å². The van der Waals surface area contributed by atoms with Gasteiger partial charge < -0.3 is 19.5 Å².